The molecule has 2 aromatic rings. The highest BCUT2D eigenvalue weighted by atomic mass is 16.5. The zero-order valence-electron chi connectivity index (χ0n) is 11.1. The topological polar surface area (TPSA) is 57.5 Å². The molecule has 5 nitrogen and oxygen atoms in total. The van der Waals surface area contributed by atoms with Gasteiger partial charge in [-0.1, -0.05) is 0 Å². The maximum Gasteiger partial charge on any atom is 0.313 e. The van der Waals surface area contributed by atoms with Crippen molar-refractivity contribution >= 4 is 22.7 Å². The standard InChI is InChI=1S/C14H15NO4/c1-15-7-6-10-9(11(16)8-13(17)19-3)4-5-12(18-2)14(10)15/h4-7H,8H2,1-3H3. The normalized spacial score (nSPS) is 10.5. The van der Waals surface area contributed by atoms with E-state index in [4.69, 9.17) is 4.74 Å². The van der Waals surface area contributed by atoms with Crippen molar-refractivity contribution in [2.75, 3.05) is 14.2 Å². The molecule has 0 N–H and O–H groups in total. The third-order valence-corrected chi connectivity index (χ3v) is 3.05. The van der Waals surface area contributed by atoms with Gasteiger partial charge < -0.3 is 14.0 Å². The second-order valence-electron chi connectivity index (χ2n) is 4.18. The summed E-state index contributed by atoms with van der Waals surface area (Å²) >= 11 is 0. The molecule has 19 heavy (non-hydrogen) atoms. The first-order valence-corrected chi connectivity index (χ1v) is 5.80. The van der Waals surface area contributed by atoms with Gasteiger partial charge in [-0.05, 0) is 18.2 Å². The number of fused-ring (bicyclic) bond motifs is 1. The van der Waals surface area contributed by atoms with Gasteiger partial charge in [-0.3, -0.25) is 9.59 Å². The molecule has 0 aliphatic rings. The molecule has 0 amide bonds. The van der Waals surface area contributed by atoms with Crippen LogP contribution in [-0.2, 0) is 16.6 Å². The highest BCUT2D eigenvalue weighted by molar-refractivity contribution is 6.13. The fourth-order valence-corrected chi connectivity index (χ4v) is 2.09. The maximum atomic E-state index is 12.1. The van der Waals surface area contributed by atoms with Crippen molar-refractivity contribution in [2.45, 2.75) is 6.42 Å². The summed E-state index contributed by atoms with van der Waals surface area (Å²) in [6.07, 6.45) is 1.59. The Morgan fingerprint density at radius 2 is 1.95 bits per heavy atom. The molecule has 0 spiro atoms. The fourth-order valence-electron chi connectivity index (χ4n) is 2.09. The molecule has 1 aromatic heterocycles. The van der Waals surface area contributed by atoms with Crippen LogP contribution in [-0.4, -0.2) is 30.5 Å². The predicted molar refractivity (Wildman–Crippen MR) is 70.4 cm³/mol. The summed E-state index contributed by atoms with van der Waals surface area (Å²) in [5, 5.41) is 0.774. The van der Waals surface area contributed by atoms with Crippen molar-refractivity contribution in [1.82, 2.24) is 4.57 Å². The van der Waals surface area contributed by atoms with Gasteiger partial charge >= 0.3 is 5.97 Å². The Hall–Kier alpha value is -2.30. The Labute approximate surface area is 110 Å². The first-order chi connectivity index (χ1) is 9.08. The SMILES string of the molecule is COC(=O)CC(=O)c1ccc(OC)c2c1ccn2C. The van der Waals surface area contributed by atoms with E-state index >= 15 is 0 Å². The number of rotatable bonds is 4. The van der Waals surface area contributed by atoms with E-state index in [-0.39, 0.29) is 12.2 Å². The number of esters is 1. The van der Waals surface area contributed by atoms with Crippen LogP contribution in [0.4, 0.5) is 0 Å². The molecule has 2 rings (SSSR count). The van der Waals surface area contributed by atoms with E-state index in [0.717, 1.165) is 10.9 Å². The summed E-state index contributed by atoms with van der Waals surface area (Å²) in [4.78, 5) is 23.3. The first-order valence-electron chi connectivity index (χ1n) is 5.80. The lowest BCUT2D eigenvalue weighted by Crippen LogP contribution is -2.10. The molecular formula is C14H15NO4. The van der Waals surface area contributed by atoms with Gasteiger partial charge in [-0.25, -0.2) is 0 Å². The molecule has 1 heterocycles. The smallest absolute Gasteiger partial charge is 0.313 e. The van der Waals surface area contributed by atoms with E-state index in [1.54, 1.807) is 19.2 Å². The van der Waals surface area contributed by atoms with Crippen molar-refractivity contribution in [3.05, 3.63) is 30.0 Å². The minimum atomic E-state index is -0.537. The number of ketones is 1. The number of hydrogen-bond donors (Lipinski definition) is 0. The van der Waals surface area contributed by atoms with E-state index in [0.29, 0.717) is 11.3 Å². The van der Waals surface area contributed by atoms with Crippen molar-refractivity contribution < 1.29 is 19.1 Å². The zero-order valence-corrected chi connectivity index (χ0v) is 11.1. The summed E-state index contributed by atoms with van der Waals surface area (Å²) < 4.78 is 11.7. The lowest BCUT2D eigenvalue weighted by molar-refractivity contribution is -0.139. The number of hydrogen-bond acceptors (Lipinski definition) is 4. The Bertz CT molecular complexity index is 642. The minimum Gasteiger partial charge on any atom is -0.495 e. The van der Waals surface area contributed by atoms with E-state index in [1.165, 1.54) is 7.11 Å². The number of carbonyl (C=O) groups excluding carboxylic acids is 2. The van der Waals surface area contributed by atoms with Gasteiger partial charge in [0.05, 0.1) is 19.7 Å². The Kier molecular flexibility index (Phi) is 3.55. The van der Waals surface area contributed by atoms with Crippen LogP contribution < -0.4 is 4.74 Å². The molecule has 100 valence electrons. The Morgan fingerprint density at radius 3 is 2.58 bits per heavy atom. The monoisotopic (exact) mass is 261 g/mol. The summed E-state index contributed by atoms with van der Waals surface area (Å²) in [6.45, 7) is 0. The van der Waals surface area contributed by atoms with Crippen LogP contribution in [0, 0.1) is 0 Å². The average Bonchev–Trinajstić information content (AvgIpc) is 2.80. The van der Waals surface area contributed by atoms with E-state index < -0.39 is 5.97 Å². The summed E-state index contributed by atoms with van der Waals surface area (Å²) in [7, 11) is 4.72. The number of benzene rings is 1. The second-order valence-corrected chi connectivity index (χ2v) is 4.18. The molecule has 0 saturated heterocycles. The van der Waals surface area contributed by atoms with Gasteiger partial charge in [0.2, 0.25) is 0 Å². The third-order valence-electron chi connectivity index (χ3n) is 3.05. The minimum absolute atomic E-state index is 0.257. The maximum absolute atomic E-state index is 12.1. The van der Waals surface area contributed by atoms with Crippen molar-refractivity contribution in [3.8, 4) is 5.75 Å². The first kappa shape index (κ1) is 13.1. The Balaban J connectivity index is 2.51. The van der Waals surface area contributed by atoms with Gasteiger partial charge in [0, 0.05) is 24.2 Å². The molecule has 0 atom stereocenters. The number of methoxy groups -OCH3 is 2. The Morgan fingerprint density at radius 1 is 1.21 bits per heavy atom. The summed E-state index contributed by atoms with van der Waals surface area (Å²) in [5.74, 6) is -0.104. The largest absolute Gasteiger partial charge is 0.495 e. The molecule has 0 aliphatic heterocycles. The van der Waals surface area contributed by atoms with Gasteiger partial charge in [0.15, 0.2) is 5.78 Å². The highest BCUT2D eigenvalue weighted by Crippen LogP contribution is 2.29. The lowest BCUT2D eigenvalue weighted by Gasteiger charge is -2.08. The molecule has 0 radical (unpaired) electrons. The van der Waals surface area contributed by atoms with Crippen molar-refractivity contribution in [2.24, 2.45) is 7.05 Å². The number of aromatic nitrogens is 1. The van der Waals surface area contributed by atoms with Gasteiger partial charge in [-0.2, -0.15) is 0 Å². The van der Waals surface area contributed by atoms with Crippen LogP contribution in [0.15, 0.2) is 24.4 Å². The number of nitrogens with zero attached hydrogens (tertiary/aromatic N) is 1. The third kappa shape index (κ3) is 2.31. The van der Waals surface area contributed by atoms with E-state index in [9.17, 15) is 9.59 Å². The number of Topliss-reactive ketones (excluding diaryl/α,β-unsaturated/α-hetero) is 1. The van der Waals surface area contributed by atoms with E-state index in [1.807, 2.05) is 23.9 Å². The molecule has 5 heteroatoms. The number of carbonyl (C=O) groups is 2. The number of ether oxygens (including phenoxy) is 2. The molecular weight excluding hydrogens is 246 g/mol. The van der Waals surface area contributed by atoms with Gasteiger partial charge in [0.25, 0.3) is 0 Å². The predicted octanol–water partition coefficient (Wildman–Crippen LogP) is 1.93. The van der Waals surface area contributed by atoms with Crippen LogP contribution in [0.5, 0.6) is 5.75 Å². The van der Waals surface area contributed by atoms with Crippen LogP contribution in [0.3, 0.4) is 0 Å². The molecule has 0 bridgehead atoms. The molecule has 0 fully saturated rings. The molecule has 1 aromatic carbocycles. The zero-order chi connectivity index (χ0) is 14.0. The lowest BCUT2D eigenvalue weighted by atomic mass is 10.0. The van der Waals surface area contributed by atoms with Crippen LogP contribution in [0.25, 0.3) is 10.9 Å². The highest BCUT2D eigenvalue weighted by Gasteiger charge is 2.17. The van der Waals surface area contributed by atoms with Crippen molar-refractivity contribution in [1.29, 1.82) is 0 Å². The molecule has 0 saturated carbocycles. The van der Waals surface area contributed by atoms with Gasteiger partial charge in [-0.15, -0.1) is 0 Å². The average molecular weight is 261 g/mol. The molecule has 0 unspecified atom stereocenters. The van der Waals surface area contributed by atoms with Gasteiger partial charge in [0.1, 0.15) is 12.2 Å². The van der Waals surface area contributed by atoms with E-state index in [2.05, 4.69) is 4.74 Å². The summed E-state index contributed by atoms with van der Waals surface area (Å²) in [6, 6.07) is 5.24. The van der Waals surface area contributed by atoms with Crippen LogP contribution >= 0.6 is 0 Å². The number of aryl methyl sites for hydroxylation is 1. The second kappa shape index (κ2) is 5.14. The van der Waals surface area contributed by atoms with Crippen LogP contribution in [0.1, 0.15) is 16.8 Å². The quantitative estimate of drug-likeness (QED) is 0.479. The van der Waals surface area contributed by atoms with Crippen molar-refractivity contribution in [3.63, 3.8) is 0 Å². The van der Waals surface area contributed by atoms with Crippen LogP contribution in [0.2, 0.25) is 0 Å². The summed E-state index contributed by atoms with van der Waals surface area (Å²) in [5.41, 5.74) is 1.33. The fraction of sp³-hybridized carbons (Fsp3) is 0.286. The molecule has 0 aliphatic carbocycles.